The van der Waals surface area contributed by atoms with Gasteiger partial charge in [0.1, 0.15) is 12.7 Å². The summed E-state index contributed by atoms with van der Waals surface area (Å²) in [7, 11) is 0. The summed E-state index contributed by atoms with van der Waals surface area (Å²) < 4.78 is 1.65. The number of amides is 1. The van der Waals surface area contributed by atoms with Crippen molar-refractivity contribution in [3.05, 3.63) is 42.5 Å². The monoisotopic (exact) mass is 244 g/mol. The van der Waals surface area contributed by atoms with Crippen molar-refractivity contribution in [1.29, 1.82) is 0 Å². The van der Waals surface area contributed by atoms with Gasteiger partial charge in [-0.05, 0) is 30.7 Å². The molecule has 1 N–H and O–H groups in total. The molecule has 1 aromatic carbocycles. The van der Waals surface area contributed by atoms with Gasteiger partial charge in [-0.2, -0.15) is 5.10 Å². The van der Waals surface area contributed by atoms with Gasteiger partial charge in [-0.25, -0.2) is 9.67 Å². The van der Waals surface area contributed by atoms with Crippen LogP contribution in [0, 0.1) is 0 Å². The average molecular weight is 244 g/mol. The lowest BCUT2D eigenvalue weighted by Gasteiger charge is -2.05. The van der Waals surface area contributed by atoms with Gasteiger partial charge in [0.15, 0.2) is 0 Å². The summed E-state index contributed by atoms with van der Waals surface area (Å²) in [5.74, 6) is -0.0337. The van der Waals surface area contributed by atoms with E-state index in [0.717, 1.165) is 25.1 Å². The molecule has 2 aromatic rings. The highest BCUT2D eigenvalue weighted by Crippen LogP contribution is 2.07. The quantitative estimate of drug-likeness (QED) is 0.816. The van der Waals surface area contributed by atoms with E-state index < -0.39 is 0 Å². The minimum atomic E-state index is -0.0337. The number of unbranched alkanes of at least 4 members (excludes halogenated alkanes) is 1. The number of carbonyl (C=O) groups excluding carboxylic acids is 1. The number of hydrogen-bond acceptors (Lipinski definition) is 3. The Balaban J connectivity index is 2.01. The molecule has 0 aliphatic carbocycles. The van der Waals surface area contributed by atoms with Crippen LogP contribution >= 0.6 is 0 Å². The minimum Gasteiger partial charge on any atom is -0.352 e. The molecule has 0 aliphatic rings. The van der Waals surface area contributed by atoms with Gasteiger partial charge < -0.3 is 5.32 Å². The molecule has 0 fully saturated rings. The van der Waals surface area contributed by atoms with E-state index in [-0.39, 0.29) is 5.91 Å². The molecule has 1 aromatic heterocycles. The Kier molecular flexibility index (Phi) is 4.06. The molecule has 2 rings (SSSR count). The maximum absolute atomic E-state index is 11.8. The molecule has 5 heteroatoms. The molecule has 0 bridgehead atoms. The molecule has 18 heavy (non-hydrogen) atoms. The molecule has 0 unspecified atom stereocenters. The van der Waals surface area contributed by atoms with Gasteiger partial charge in [0.25, 0.3) is 5.91 Å². The number of aromatic nitrogens is 3. The van der Waals surface area contributed by atoms with Gasteiger partial charge in [-0.15, -0.1) is 0 Å². The van der Waals surface area contributed by atoms with E-state index in [1.807, 2.05) is 12.1 Å². The van der Waals surface area contributed by atoms with Crippen LogP contribution < -0.4 is 5.32 Å². The van der Waals surface area contributed by atoms with Gasteiger partial charge in [0.05, 0.1) is 5.69 Å². The van der Waals surface area contributed by atoms with E-state index in [4.69, 9.17) is 0 Å². The first-order valence-electron chi connectivity index (χ1n) is 6.04. The summed E-state index contributed by atoms with van der Waals surface area (Å²) in [6, 6.07) is 7.28. The van der Waals surface area contributed by atoms with Crippen molar-refractivity contribution < 1.29 is 4.79 Å². The summed E-state index contributed by atoms with van der Waals surface area (Å²) >= 11 is 0. The third-order valence-corrected chi connectivity index (χ3v) is 2.63. The van der Waals surface area contributed by atoms with Crippen molar-refractivity contribution in [2.75, 3.05) is 6.54 Å². The third kappa shape index (κ3) is 2.94. The van der Waals surface area contributed by atoms with Crippen molar-refractivity contribution >= 4 is 5.91 Å². The zero-order valence-electron chi connectivity index (χ0n) is 10.3. The molecule has 1 heterocycles. The molecule has 0 atom stereocenters. The van der Waals surface area contributed by atoms with Crippen LogP contribution in [-0.2, 0) is 0 Å². The summed E-state index contributed by atoms with van der Waals surface area (Å²) in [6.07, 6.45) is 5.18. The van der Waals surface area contributed by atoms with E-state index in [0.29, 0.717) is 5.56 Å². The number of benzene rings is 1. The Morgan fingerprint density at radius 3 is 2.72 bits per heavy atom. The first-order chi connectivity index (χ1) is 8.81. The lowest BCUT2D eigenvalue weighted by molar-refractivity contribution is 0.0953. The van der Waals surface area contributed by atoms with Crippen LogP contribution in [0.4, 0.5) is 0 Å². The molecular weight excluding hydrogens is 228 g/mol. The molecule has 0 aliphatic heterocycles. The summed E-state index contributed by atoms with van der Waals surface area (Å²) in [6.45, 7) is 2.82. The van der Waals surface area contributed by atoms with Gasteiger partial charge >= 0.3 is 0 Å². The first-order valence-corrected chi connectivity index (χ1v) is 6.04. The zero-order chi connectivity index (χ0) is 12.8. The second-order valence-corrected chi connectivity index (χ2v) is 4.00. The fourth-order valence-electron chi connectivity index (χ4n) is 1.59. The number of nitrogens with zero attached hydrogens (tertiary/aromatic N) is 3. The van der Waals surface area contributed by atoms with E-state index in [2.05, 4.69) is 22.3 Å². The predicted molar refractivity (Wildman–Crippen MR) is 68.6 cm³/mol. The minimum absolute atomic E-state index is 0.0337. The van der Waals surface area contributed by atoms with Crippen molar-refractivity contribution in [3.8, 4) is 5.69 Å². The normalized spacial score (nSPS) is 10.3. The SMILES string of the molecule is CCCCNC(=O)c1ccc(-n2cncn2)cc1. The van der Waals surface area contributed by atoms with Crippen molar-refractivity contribution in [2.24, 2.45) is 0 Å². The fourth-order valence-corrected chi connectivity index (χ4v) is 1.59. The summed E-state index contributed by atoms with van der Waals surface area (Å²) in [5, 5.41) is 6.91. The van der Waals surface area contributed by atoms with E-state index >= 15 is 0 Å². The Hall–Kier alpha value is -2.17. The Bertz CT molecular complexity index is 490. The first kappa shape index (κ1) is 12.3. The molecule has 94 valence electrons. The summed E-state index contributed by atoms with van der Waals surface area (Å²) in [4.78, 5) is 15.6. The third-order valence-electron chi connectivity index (χ3n) is 2.63. The van der Waals surface area contributed by atoms with Crippen molar-refractivity contribution in [1.82, 2.24) is 20.1 Å². The van der Waals surface area contributed by atoms with Crippen LogP contribution in [0.5, 0.6) is 0 Å². The average Bonchev–Trinajstić information content (AvgIpc) is 2.93. The predicted octanol–water partition coefficient (Wildman–Crippen LogP) is 1.80. The molecule has 0 saturated heterocycles. The topological polar surface area (TPSA) is 59.8 Å². The van der Waals surface area contributed by atoms with E-state index in [1.165, 1.54) is 6.33 Å². The van der Waals surface area contributed by atoms with Crippen molar-refractivity contribution in [3.63, 3.8) is 0 Å². The lowest BCUT2D eigenvalue weighted by Crippen LogP contribution is -2.24. The highest BCUT2D eigenvalue weighted by atomic mass is 16.1. The smallest absolute Gasteiger partial charge is 0.251 e. The Morgan fingerprint density at radius 1 is 1.33 bits per heavy atom. The second-order valence-electron chi connectivity index (χ2n) is 4.00. The van der Waals surface area contributed by atoms with Gasteiger partial charge in [0, 0.05) is 12.1 Å². The molecule has 0 saturated carbocycles. The molecular formula is C13H16N4O. The number of hydrogen-bond donors (Lipinski definition) is 1. The van der Waals surface area contributed by atoms with Crippen LogP contribution in [0.2, 0.25) is 0 Å². The highest BCUT2D eigenvalue weighted by molar-refractivity contribution is 5.94. The van der Waals surface area contributed by atoms with Gasteiger partial charge in [0.2, 0.25) is 0 Å². The van der Waals surface area contributed by atoms with Crippen LogP contribution in [0.15, 0.2) is 36.9 Å². The van der Waals surface area contributed by atoms with E-state index in [1.54, 1.807) is 23.1 Å². The van der Waals surface area contributed by atoms with Gasteiger partial charge in [-0.3, -0.25) is 4.79 Å². The number of nitrogens with one attached hydrogen (secondary N) is 1. The maximum atomic E-state index is 11.8. The molecule has 0 spiro atoms. The summed E-state index contributed by atoms with van der Waals surface area (Å²) in [5.41, 5.74) is 1.55. The van der Waals surface area contributed by atoms with Crippen LogP contribution in [0.1, 0.15) is 30.1 Å². The molecule has 1 amide bonds. The molecule has 5 nitrogen and oxygen atoms in total. The standard InChI is InChI=1S/C13H16N4O/c1-2-3-8-15-13(18)11-4-6-12(7-5-11)17-10-14-9-16-17/h4-7,9-10H,2-3,8H2,1H3,(H,15,18). The molecule has 0 radical (unpaired) electrons. The largest absolute Gasteiger partial charge is 0.352 e. The van der Waals surface area contributed by atoms with Crippen LogP contribution in [0.3, 0.4) is 0 Å². The van der Waals surface area contributed by atoms with E-state index in [9.17, 15) is 4.79 Å². The van der Waals surface area contributed by atoms with Crippen LogP contribution in [-0.4, -0.2) is 27.2 Å². The Labute approximate surface area is 106 Å². The number of rotatable bonds is 5. The maximum Gasteiger partial charge on any atom is 0.251 e. The highest BCUT2D eigenvalue weighted by Gasteiger charge is 2.04. The lowest BCUT2D eigenvalue weighted by atomic mass is 10.2. The number of carbonyl (C=O) groups is 1. The van der Waals surface area contributed by atoms with Gasteiger partial charge in [-0.1, -0.05) is 13.3 Å². The second kappa shape index (κ2) is 5.95. The fraction of sp³-hybridized carbons (Fsp3) is 0.308. The van der Waals surface area contributed by atoms with Crippen molar-refractivity contribution in [2.45, 2.75) is 19.8 Å². The van der Waals surface area contributed by atoms with Crippen LogP contribution in [0.25, 0.3) is 5.69 Å². The zero-order valence-corrected chi connectivity index (χ0v) is 10.3. The Morgan fingerprint density at radius 2 is 2.11 bits per heavy atom.